The van der Waals surface area contributed by atoms with Crippen LogP contribution in [0.25, 0.3) is 5.41 Å². The van der Waals surface area contributed by atoms with Crippen molar-refractivity contribution in [1.82, 2.24) is 6.15 Å². The standard InChI is InChI=1S/CNS.Li.H3N/c2-1-3;;/h;;1H3/q-1;;/p+1. The smallest absolute Gasteiger partial charge is 0 e. The molecule has 0 spiro atoms. The van der Waals surface area contributed by atoms with Gasteiger partial charge in [-0.3, -0.25) is 0 Å². The van der Waals surface area contributed by atoms with Crippen LogP contribution >= 0.6 is 12.2 Å². The first-order valence-corrected chi connectivity index (χ1v) is 0.836. The average Bonchev–Trinajstić information content (AvgIpc) is 0.918. The zero-order valence-corrected chi connectivity index (χ0v) is 4.17. The number of nitrogens with zero attached hydrogens (tertiary/aromatic N) is 1. The molecule has 0 unspecified atom stereocenters. The molecule has 0 amide bonds. The zero-order chi connectivity index (χ0) is 2.71. The summed E-state index contributed by atoms with van der Waals surface area (Å²) in [5.41, 5.74) is 0. The second-order valence-electron chi connectivity index (χ2n) is 0.0913. The van der Waals surface area contributed by atoms with Gasteiger partial charge in [-0.2, -0.15) is 5.16 Å². The van der Waals surface area contributed by atoms with Crippen molar-refractivity contribution >= 4 is 36.2 Å². The van der Waals surface area contributed by atoms with Crippen molar-refractivity contribution in [2.24, 2.45) is 0 Å². The van der Waals surface area contributed by atoms with Crippen LogP contribution in [0.1, 0.15) is 0 Å². The molecule has 0 rings (SSSR count). The Morgan fingerprint density at radius 3 is 1.60 bits per heavy atom. The first-order chi connectivity index (χ1) is 1.41. The Kier molecular flexibility index (Phi) is 97.6. The topological polar surface area (TPSA) is 58.8 Å². The van der Waals surface area contributed by atoms with E-state index in [1.165, 1.54) is 5.16 Å². The predicted molar refractivity (Wildman–Crippen MR) is 27.7 cm³/mol. The van der Waals surface area contributed by atoms with Crippen LogP contribution < -0.4 is 6.15 Å². The van der Waals surface area contributed by atoms with Crippen molar-refractivity contribution in [1.29, 1.82) is 0 Å². The number of hydrogen-bond donors (Lipinski definition) is 1. The number of rotatable bonds is 0. The summed E-state index contributed by atoms with van der Waals surface area (Å²) in [6.07, 6.45) is 0. The van der Waals surface area contributed by atoms with Crippen molar-refractivity contribution in [3.05, 3.63) is 5.41 Å². The second-order valence-corrected chi connectivity index (χ2v) is 0.274. The van der Waals surface area contributed by atoms with Crippen LogP contribution in [-0.2, 0) is 0 Å². The molecule has 0 fully saturated rings. The van der Waals surface area contributed by atoms with Crippen molar-refractivity contribution in [3.8, 4) is 0 Å². The van der Waals surface area contributed by atoms with E-state index in [4.69, 9.17) is 5.41 Å². The van der Waals surface area contributed by atoms with Gasteiger partial charge in [0.05, 0.1) is 0 Å². The predicted octanol–water partition coefficient (Wildman–Crippen LogP) is 0.654. The van der Waals surface area contributed by atoms with E-state index in [1.54, 1.807) is 0 Å². The molecule has 5 heavy (non-hydrogen) atoms. The first-order valence-electron chi connectivity index (χ1n) is 0.428. The van der Waals surface area contributed by atoms with Gasteiger partial charge in [0.25, 0.3) is 0 Å². The quantitative estimate of drug-likeness (QED) is 0.261. The maximum Gasteiger partial charge on any atom is 0 e. The van der Waals surface area contributed by atoms with Gasteiger partial charge in [-0.15, -0.1) is 0 Å². The zero-order valence-electron chi connectivity index (χ0n) is 3.36. The molecule has 0 aliphatic carbocycles. The molecule has 4 N–H and O–H groups in total. The number of isothiocyanates is 1. The van der Waals surface area contributed by atoms with E-state index in [0.29, 0.717) is 0 Å². The third-order valence-electron chi connectivity index (χ3n) is 0. The van der Waals surface area contributed by atoms with Crippen LogP contribution in [0.4, 0.5) is 0 Å². The number of hydrogen-bond acceptors (Lipinski definition) is 1. The van der Waals surface area contributed by atoms with Gasteiger partial charge in [-0.1, -0.05) is 12.2 Å². The van der Waals surface area contributed by atoms with Gasteiger partial charge in [-0.05, 0) is 0 Å². The number of quaternary nitrogens is 1. The van der Waals surface area contributed by atoms with Crippen LogP contribution in [0.5, 0.6) is 0 Å². The Morgan fingerprint density at radius 2 is 1.60 bits per heavy atom. The molecular formula is CH4LiN2S. The van der Waals surface area contributed by atoms with Crippen molar-refractivity contribution < 1.29 is 0 Å². The van der Waals surface area contributed by atoms with Crippen LogP contribution in [0.2, 0.25) is 0 Å². The molecule has 0 aliphatic heterocycles. The molecule has 2 nitrogen and oxygen atoms in total. The van der Waals surface area contributed by atoms with Crippen LogP contribution in [0.15, 0.2) is 0 Å². The fourth-order valence-electron chi connectivity index (χ4n) is 0. The minimum absolute atomic E-state index is 0. The Hall–Kier alpha value is 0.357. The van der Waals surface area contributed by atoms with E-state index in [1.807, 2.05) is 0 Å². The molecule has 0 bridgehead atoms. The van der Waals surface area contributed by atoms with Gasteiger partial charge in [0, 0.05) is 18.9 Å². The molecule has 25 valence electrons. The maximum atomic E-state index is 7.13. The Morgan fingerprint density at radius 1 is 1.60 bits per heavy atom. The summed E-state index contributed by atoms with van der Waals surface area (Å²) in [6.45, 7) is 0. The molecule has 0 heterocycles. The summed E-state index contributed by atoms with van der Waals surface area (Å²) in [6, 6.07) is 0. The molecule has 0 saturated carbocycles. The third-order valence-corrected chi connectivity index (χ3v) is 0. The normalized spacial score (nSPS) is 1.60. The molecule has 0 aromatic rings. The van der Waals surface area contributed by atoms with E-state index in [2.05, 4.69) is 12.2 Å². The van der Waals surface area contributed by atoms with Crippen molar-refractivity contribution in [3.63, 3.8) is 0 Å². The van der Waals surface area contributed by atoms with Gasteiger partial charge in [0.1, 0.15) is 0 Å². The van der Waals surface area contributed by atoms with E-state index in [9.17, 15) is 0 Å². The van der Waals surface area contributed by atoms with Gasteiger partial charge < -0.3 is 11.6 Å². The fraction of sp³-hybridized carbons (Fsp3) is 0. The SMILES string of the molecule is [Li].[N-]=C=S.[NH4+]. The summed E-state index contributed by atoms with van der Waals surface area (Å²) in [5.74, 6) is 0. The fourth-order valence-corrected chi connectivity index (χ4v) is 0. The van der Waals surface area contributed by atoms with Crippen molar-refractivity contribution in [2.45, 2.75) is 0 Å². The first kappa shape index (κ1) is 18.3. The molecule has 0 saturated heterocycles. The Balaban J connectivity index is -0.0000000200. The summed E-state index contributed by atoms with van der Waals surface area (Å²) in [7, 11) is 0. The number of thiocarbonyl (C=S) groups is 1. The van der Waals surface area contributed by atoms with E-state index < -0.39 is 0 Å². The summed E-state index contributed by atoms with van der Waals surface area (Å²) in [4.78, 5) is 0. The molecule has 0 aromatic heterocycles. The van der Waals surface area contributed by atoms with E-state index in [0.717, 1.165) is 0 Å². The molecule has 0 aliphatic rings. The monoisotopic (exact) mass is 83.0 g/mol. The summed E-state index contributed by atoms with van der Waals surface area (Å²) in [5, 5.41) is 8.47. The molecule has 0 atom stereocenters. The van der Waals surface area contributed by atoms with Crippen LogP contribution in [0, 0.1) is 0 Å². The van der Waals surface area contributed by atoms with Crippen molar-refractivity contribution in [2.75, 3.05) is 0 Å². The van der Waals surface area contributed by atoms with Gasteiger partial charge >= 0.3 is 0 Å². The summed E-state index contributed by atoms with van der Waals surface area (Å²) >= 11 is 3.70. The Labute approximate surface area is 48.2 Å². The van der Waals surface area contributed by atoms with Crippen LogP contribution in [0.3, 0.4) is 0 Å². The van der Waals surface area contributed by atoms with E-state index in [-0.39, 0.29) is 25.0 Å². The largest absolute Gasteiger partial charge is 0.753 e. The average molecular weight is 83.1 g/mol. The summed E-state index contributed by atoms with van der Waals surface area (Å²) < 4.78 is 0. The van der Waals surface area contributed by atoms with Gasteiger partial charge in [-0.25, -0.2) is 0 Å². The molecular weight excluding hydrogens is 79.0 g/mol. The van der Waals surface area contributed by atoms with Crippen LogP contribution in [-0.4, -0.2) is 24.0 Å². The van der Waals surface area contributed by atoms with Gasteiger partial charge in [0.2, 0.25) is 0 Å². The van der Waals surface area contributed by atoms with E-state index >= 15 is 0 Å². The minimum Gasteiger partial charge on any atom is -0.753 e. The third kappa shape index (κ3) is 190. The molecule has 0 aromatic carbocycles. The minimum atomic E-state index is 0. The Bertz CT molecular complexity index is 30.6. The molecule has 4 heteroatoms. The van der Waals surface area contributed by atoms with Gasteiger partial charge in [0.15, 0.2) is 0 Å². The second kappa shape index (κ2) is 26.7. The molecule has 1 radical (unpaired) electrons. The maximum absolute atomic E-state index is 7.13.